The van der Waals surface area contributed by atoms with Crippen molar-refractivity contribution in [2.75, 3.05) is 13.7 Å². The van der Waals surface area contributed by atoms with Crippen molar-refractivity contribution >= 4 is 0 Å². The Kier molecular flexibility index (Phi) is 7.06. The van der Waals surface area contributed by atoms with E-state index in [2.05, 4.69) is 19.2 Å². The van der Waals surface area contributed by atoms with E-state index in [9.17, 15) is 0 Å². The SMILES string of the molecule is CCCC(C)CNC1CCCCCC1OC. The summed E-state index contributed by atoms with van der Waals surface area (Å²) in [5.74, 6) is 0.797. The zero-order chi connectivity index (χ0) is 11.8. The monoisotopic (exact) mass is 227 g/mol. The molecule has 16 heavy (non-hydrogen) atoms. The fourth-order valence-electron chi connectivity index (χ4n) is 2.74. The van der Waals surface area contributed by atoms with Crippen LogP contribution in [0.5, 0.6) is 0 Å². The molecule has 0 bridgehead atoms. The van der Waals surface area contributed by atoms with Gasteiger partial charge >= 0.3 is 0 Å². The molecule has 1 N–H and O–H groups in total. The number of rotatable bonds is 6. The normalized spacial score (nSPS) is 28.7. The molecule has 1 aliphatic rings. The van der Waals surface area contributed by atoms with E-state index in [1.807, 2.05) is 7.11 Å². The summed E-state index contributed by atoms with van der Waals surface area (Å²) in [6.07, 6.45) is 9.66. The third kappa shape index (κ3) is 4.84. The van der Waals surface area contributed by atoms with Crippen LogP contribution in [0, 0.1) is 5.92 Å². The van der Waals surface area contributed by atoms with Crippen molar-refractivity contribution in [3.63, 3.8) is 0 Å². The van der Waals surface area contributed by atoms with Gasteiger partial charge in [0.25, 0.3) is 0 Å². The molecule has 2 nitrogen and oxygen atoms in total. The van der Waals surface area contributed by atoms with Gasteiger partial charge in [-0.15, -0.1) is 0 Å². The Morgan fingerprint density at radius 1 is 1.25 bits per heavy atom. The van der Waals surface area contributed by atoms with Crippen molar-refractivity contribution in [1.82, 2.24) is 5.32 Å². The first-order chi connectivity index (χ1) is 7.77. The lowest BCUT2D eigenvalue weighted by molar-refractivity contribution is 0.0619. The van der Waals surface area contributed by atoms with Crippen molar-refractivity contribution in [3.05, 3.63) is 0 Å². The molecule has 1 saturated carbocycles. The molecule has 96 valence electrons. The van der Waals surface area contributed by atoms with Gasteiger partial charge < -0.3 is 10.1 Å². The topological polar surface area (TPSA) is 21.3 Å². The summed E-state index contributed by atoms with van der Waals surface area (Å²) in [4.78, 5) is 0. The Balaban J connectivity index is 2.30. The lowest BCUT2D eigenvalue weighted by atomic mass is 10.0. The fourth-order valence-corrected chi connectivity index (χ4v) is 2.74. The van der Waals surface area contributed by atoms with Crippen LogP contribution in [0.1, 0.15) is 58.8 Å². The minimum atomic E-state index is 0.441. The molecule has 3 atom stereocenters. The summed E-state index contributed by atoms with van der Waals surface area (Å²) < 4.78 is 5.61. The van der Waals surface area contributed by atoms with Gasteiger partial charge in [-0.1, -0.05) is 39.5 Å². The van der Waals surface area contributed by atoms with E-state index >= 15 is 0 Å². The van der Waals surface area contributed by atoms with E-state index in [1.165, 1.54) is 44.9 Å². The molecule has 0 aromatic heterocycles. The minimum Gasteiger partial charge on any atom is -0.380 e. The van der Waals surface area contributed by atoms with E-state index in [0.717, 1.165) is 12.5 Å². The highest BCUT2D eigenvalue weighted by molar-refractivity contribution is 4.80. The molecule has 1 rings (SSSR count). The molecule has 3 unspecified atom stereocenters. The van der Waals surface area contributed by atoms with Gasteiger partial charge in [0.1, 0.15) is 0 Å². The zero-order valence-electron chi connectivity index (χ0n) is 11.3. The second-order valence-corrected chi connectivity index (χ2v) is 5.32. The van der Waals surface area contributed by atoms with Crippen LogP contribution in [-0.4, -0.2) is 25.8 Å². The maximum Gasteiger partial charge on any atom is 0.0724 e. The van der Waals surface area contributed by atoms with Gasteiger partial charge in [-0.25, -0.2) is 0 Å². The van der Waals surface area contributed by atoms with Crippen LogP contribution in [0.25, 0.3) is 0 Å². The van der Waals surface area contributed by atoms with Crippen LogP contribution in [0.2, 0.25) is 0 Å². The Morgan fingerprint density at radius 3 is 2.69 bits per heavy atom. The van der Waals surface area contributed by atoms with Gasteiger partial charge in [0.05, 0.1) is 6.10 Å². The van der Waals surface area contributed by atoms with Crippen LogP contribution in [-0.2, 0) is 4.74 Å². The number of hydrogen-bond acceptors (Lipinski definition) is 2. The standard InChI is InChI=1S/C14H29NO/c1-4-8-12(2)11-15-13-9-6-5-7-10-14(13)16-3/h12-15H,4-11H2,1-3H3. The average Bonchev–Trinajstić information content (AvgIpc) is 2.51. The third-order valence-corrected chi connectivity index (χ3v) is 3.77. The van der Waals surface area contributed by atoms with Gasteiger partial charge in [0, 0.05) is 13.2 Å². The van der Waals surface area contributed by atoms with Crippen LogP contribution in [0.3, 0.4) is 0 Å². The highest BCUT2D eigenvalue weighted by Gasteiger charge is 2.23. The number of ether oxygens (including phenoxy) is 1. The number of methoxy groups -OCH3 is 1. The fraction of sp³-hybridized carbons (Fsp3) is 1.00. The zero-order valence-corrected chi connectivity index (χ0v) is 11.3. The van der Waals surface area contributed by atoms with Crippen molar-refractivity contribution < 1.29 is 4.74 Å². The third-order valence-electron chi connectivity index (χ3n) is 3.77. The Hall–Kier alpha value is -0.0800. The molecule has 1 fully saturated rings. The highest BCUT2D eigenvalue weighted by Crippen LogP contribution is 2.20. The first-order valence-electron chi connectivity index (χ1n) is 7.04. The van der Waals surface area contributed by atoms with Gasteiger partial charge in [-0.2, -0.15) is 0 Å². The maximum atomic E-state index is 5.61. The number of hydrogen-bond donors (Lipinski definition) is 1. The minimum absolute atomic E-state index is 0.441. The summed E-state index contributed by atoms with van der Waals surface area (Å²) >= 11 is 0. The highest BCUT2D eigenvalue weighted by atomic mass is 16.5. The quantitative estimate of drug-likeness (QED) is 0.703. The molecule has 0 amide bonds. The van der Waals surface area contributed by atoms with Crippen LogP contribution in [0.4, 0.5) is 0 Å². The van der Waals surface area contributed by atoms with Crippen LogP contribution in [0.15, 0.2) is 0 Å². The van der Waals surface area contributed by atoms with E-state index in [4.69, 9.17) is 4.74 Å². The van der Waals surface area contributed by atoms with Crippen molar-refractivity contribution in [2.45, 2.75) is 70.9 Å². The molecule has 0 aliphatic heterocycles. The maximum absolute atomic E-state index is 5.61. The molecule has 0 heterocycles. The smallest absolute Gasteiger partial charge is 0.0724 e. The summed E-state index contributed by atoms with van der Waals surface area (Å²) in [5.41, 5.74) is 0. The van der Waals surface area contributed by atoms with Crippen molar-refractivity contribution in [3.8, 4) is 0 Å². The second kappa shape index (κ2) is 8.08. The molecule has 0 aromatic carbocycles. The van der Waals surface area contributed by atoms with E-state index in [1.54, 1.807) is 0 Å². The van der Waals surface area contributed by atoms with Gasteiger partial charge in [0.15, 0.2) is 0 Å². The first kappa shape index (κ1) is 14.0. The van der Waals surface area contributed by atoms with E-state index in [-0.39, 0.29) is 0 Å². The molecular weight excluding hydrogens is 198 g/mol. The summed E-state index contributed by atoms with van der Waals surface area (Å²) in [7, 11) is 1.86. The molecule has 0 spiro atoms. The van der Waals surface area contributed by atoms with Crippen molar-refractivity contribution in [1.29, 1.82) is 0 Å². The summed E-state index contributed by atoms with van der Waals surface area (Å²) in [6, 6.07) is 0.590. The lowest BCUT2D eigenvalue weighted by Gasteiger charge is -2.26. The molecule has 0 saturated heterocycles. The average molecular weight is 227 g/mol. The Labute approximate surface area is 101 Å². The molecule has 1 aliphatic carbocycles. The second-order valence-electron chi connectivity index (χ2n) is 5.32. The number of nitrogens with one attached hydrogen (secondary N) is 1. The Morgan fingerprint density at radius 2 is 2.00 bits per heavy atom. The van der Waals surface area contributed by atoms with Gasteiger partial charge in [-0.3, -0.25) is 0 Å². The Bertz CT molecular complexity index is 172. The predicted octanol–water partition coefficient (Wildman–Crippen LogP) is 3.36. The van der Waals surface area contributed by atoms with E-state index < -0.39 is 0 Å². The summed E-state index contributed by atoms with van der Waals surface area (Å²) in [6.45, 7) is 5.76. The van der Waals surface area contributed by atoms with Gasteiger partial charge in [-0.05, 0) is 31.7 Å². The van der Waals surface area contributed by atoms with Crippen LogP contribution < -0.4 is 5.32 Å². The largest absolute Gasteiger partial charge is 0.380 e. The van der Waals surface area contributed by atoms with Crippen molar-refractivity contribution in [2.24, 2.45) is 5.92 Å². The lowest BCUT2D eigenvalue weighted by Crippen LogP contribution is -2.42. The van der Waals surface area contributed by atoms with Gasteiger partial charge in [0.2, 0.25) is 0 Å². The predicted molar refractivity (Wildman–Crippen MR) is 69.7 cm³/mol. The molecular formula is C14H29NO. The van der Waals surface area contributed by atoms with E-state index in [0.29, 0.717) is 12.1 Å². The molecule has 2 heteroatoms. The first-order valence-corrected chi connectivity index (χ1v) is 7.04. The molecule has 0 aromatic rings. The summed E-state index contributed by atoms with van der Waals surface area (Å²) in [5, 5.41) is 3.72. The molecule has 0 radical (unpaired) electrons. The van der Waals surface area contributed by atoms with Crippen LogP contribution >= 0.6 is 0 Å².